The van der Waals surface area contributed by atoms with Crippen molar-refractivity contribution in [3.63, 3.8) is 0 Å². The van der Waals surface area contributed by atoms with Gasteiger partial charge in [0.05, 0.1) is 25.2 Å². The number of likely N-dealkylation sites (tertiary alicyclic amines) is 1. The second kappa shape index (κ2) is 9.48. The fourth-order valence-electron chi connectivity index (χ4n) is 5.44. The van der Waals surface area contributed by atoms with Gasteiger partial charge < -0.3 is 15.0 Å². The maximum absolute atomic E-state index is 13.0. The topological polar surface area (TPSA) is 61.9 Å². The van der Waals surface area contributed by atoms with Gasteiger partial charge in [0, 0.05) is 38.1 Å². The van der Waals surface area contributed by atoms with Crippen LogP contribution in [0.4, 0.5) is 0 Å². The van der Waals surface area contributed by atoms with Crippen LogP contribution < -0.4 is 5.32 Å². The largest absolute Gasteiger partial charge is 0.379 e. The number of rotatable bonds is 6. The highest BCUT2D eigenvalue weighted by Crippen LogP contribution is 2.34. The standard InChI is InChI=1S/C24H35N3O3/c1-19(20-8-4-2-5-9-20)27-17-21(16-22(27)28)23(29)25-18-24(10-6-3-7-11-24)26-12-14-30-15-13-26/h2,4-5,8-9,19,21H,3,6-7,10-18H2,1H3,(H,25,29). The van der Waals surface area contributed by atoms with E-state index >= 15 is 0 Å². The van der Waals surface area contributed by atoms with Crippen LogP contribution in [-0.2, 0) is 14.3 Å². The van der Waals surface area contributed by atoms with E-state index in [2.05, 4.69) is 10.2 Å². The fraction of sp³-hybridized carbons (Fsp3) is 0.667. The van der Waals surface area contributed by atoms with Crippen molar-refractivity contribution in [1.82, 2.24) is 15.1 Å². The van der Waals surface area contributed by atoms with Gasteiger partial charge in [-0.15, -0.1) is 0 Å². The van der Waals surface area contributed by atoms with Crippen LogP contribution in [0, 0.1) is 5.92 Å². The quantitative estimate of drug-likeness (QED) is 0.779. The molecule has 3 fully saturated rings. The molecule has 2 amide bonds. The Kier molecular flexibility index (Phi) is 6.74. The molecule has 3 aliphatic rings. The lowest BCUT2D eigenvalue weighted by molar-refractivity contribution is -0.130. The monoisotopic (exact) mass is 413 g/mol. The smallest absolute Gasteiger partial charge is 0.225 e. The molecule has 1 saturated carbocycles. The third-order valence-electron chi connectivity index (χ3n) is 7.34. The molecule has 2 saturated heterocycles. The summed E-state index contributed by atoms with van der Waals surface area (Å²) in [6, 6.07) is 10.0. The highest BCUT2D eigenvalue weighted by molar-refractivity contribution is 5.89. The highest BCUT2D eigenvalue weighted by atomic mass is 16.5. The third kappa shape index (κ3) is 4.54. The number of hydrogen-bond acceptors (Lipinski definition) is 4. The van der Waals surface area contributed by atoms with Crippen LogP contribution in [0.15, 0.2) is 30.3 Å². The van der Waals surface area contributed by atoms with Crippen molar-refractivity contribution < 1.29 is 14.3 Å². The van der Waals surface area contributed by atoms with Crippen molar-refractivity contribution >= 4 is 11.8 Å². The lowest BCUT2D eigenvalue weighted by Gasteiger charge is -2.48. The van der Waals surface area contributed by atoms with Gasteiger partial charge in [0.2, 0.25) is 11.8 Å². The van der Waals surface area contributed by atoms with Crippen LogP contribution in [0.5, 0.6) is 0 Å². The van der Waals surface area contributed by atoms with Gasteiger partial charge in [-0.1, -0.05) is 49.6 Å². The molecule has 2 atom stereocenters. The Morgan fingerprint density at radius 3 is 2.57 bits per heavy atom. The number of nitrogens with one attached hydrogen (secondary N) is 1. The fourth-order valence-corrected chi connectivity index (χ4v) is 5.44. The Bertz CT molecular complexity index is 726. The van der Waals surface area contributed by atoms with Gasteiger partial charge >= 0.3 is 0 Å². The normalized spacial score (nSPS) is 25.8. The minimum Gasteiger partial charge on any atom is -0.379 e. The first-order chi connectivity index (χ1) is 14.6. The molecule has 30 heavy (non-hydrogen) atoms. The first kappa shape index (κ1) is 21.3. The molecule has 2 aliphatic heterocycles. The Labute approximate surface area is 179 Å². The summed E-state index contributed by atoms with van der Waals surface area (Å²) in [5.41, 5.74) is 1.16. The summed E-state index contributed by atoms with van der Waals surface area (Å²) in [5.74, 6) is -0.148. The van der Waals surface area contributed by atoms with Crippen molar-refractivity contribution in [2.45, 2.75) is 57.0 Å². The average molecular weight is 414 g/mol. The van der Waals surface area contributed by atoms with Crippen molar-refractivity contribution in [3.05, 3.63) is 35.9 Å². The molecule has 164 valence electrons. The molecule has 0 radical (unpaired) electrons. The molecule has 4 rings (SSSR count). The van der Waals surface area contributed by atoms with Gasteiger partial charge in [0.15, 0.2) is 0 Å². The zero-order valence-corrected chi connectivity index (χ0v) is 18.1. The van der Waals surface area contributed by atoms with E-state index in [1.807, 2.05) is 42.2 Å². The highest BCUT2D eigenvalue weighted by Gasteiger charge is 2.41. The summed E-state index contributed by atoms with van der Waals surface area (Å²) in [4.78, 5) is 30.1. The van der Waals surface area contributed by atoms with E-state index < -0.39 is 0 Å². The molecule has 2 heterocycles. The molecular weight excluding hydrogens is 378 g/mol. The average Bonchev–Trinajstić information content (AvgIpc) is 3.20. The molecule has 1 aliphatic carbocycles. The van der Waals surface area contributed by atoms with Gasteiger partial charge in [-0.3, -0.25) is 14.5 Å². The molecule has 1 aromatic rings. The van der Waals surface area contributed by atoms with E-state index in [4.69, 9.17) is 4.74 Å². The van der Waals surface area contributed by atoms with Gasteiger partial charge in [0.1, 0.15) is 0 Å². The van der Waals surface area contributed by atoms with Gasteiger partial charge in [0.25, 0.3) is 0 Å². The zero-order valence-electron chi connectivity index (χ0n) is 18.1. The van der Waals surface area contributed by atoms with Crippen LogP contribution in [0.3, 0.4) is 0 Å². The summed E-state index contributed by atoms with van der Waals surface area (Å²) in [7, 11) is 0. The third-order valence-corrected chi connectivity index (χ3v) is 7.34. The zero-order chi connectivity index (χ0) is 21.0. The minimum absolute atomic E-state index is 0.00506. The van der Waals surface area contributed by atoms with Crippen LogP contribution in [0.2, 0.25) is 0 Å². The van der Waals surface area contributed by atoms with Crippen LogP contribution in [-0.4, -0.2) is 66.5 Å². The lowest BCUT2D eigenvalue weighted by atomic mass is 9.79. The first-order valence-electron chi connectivity index (χ1n) is 11.5. The SMILES string of the molecule is CC(c1ccccc1)N1CC(C(=O)NCC2(N3CCOCC3)CCCCC2)CC1=O. The molecule has 0 spiro atoms. The number of benzene rings is 1. The number of ether oxygens (including phenoxy) is 1. The Hall–Kier alpha value is -1.92. The van der Waals surface area contributed by atoms with E-state index in [0.717, 1.165) is 44.7 Å². The van der Waals surface area contributed by atoms with E-state index in [9.17, 15) is 9.59 Å². The minimum atomic E-state index is -0.256. The number of nitrogens with zero attached hydrogens (tertiary/aromatic N) is 2. The number of amides is 2. The van der Waals surface area contributed by atoms with Crippen molar-refractivity contribution in [2.75, 3.05) is 39.4 Å². The molecule has 2 unspecified atom stereocenters. The maximum atomic E-state index is 13.0. The molecule has 1 aromatic carbocycles. The van der Waals surface area contributed by atoms with Crippen molar-refractivity contribution in [1.29, 1.82) is 0 Å². The number of carbonyl (C=O) groups excluding carboxylic acids is 2. The molecule has 1 N–H and O–H groups in total. The summed E-state index contributed by atoms with van der Waals surface area (Å²) >= 11 is 0. The summed E-state index contributed by atoms with van der Waals surface area (Å²) < 4.78 is 5.55. The summed E-state index contributed by atoms with van der Waals surface area (Å²) in [6.07, 6.45) is 6.30. The number of hydrogen-bond donors (Lipinski definition) is 1. The summed E-state index contributed by atoms with van der Waals surface area (Å²) in [5, 5.41) is 3.25. The Morgan fingerprint density at radius 2 is 1.87 bits per heavy atom. The van der Waals surface area contributed by atoms with Crippen molar-refractivity contribution in [2.24, 2.45) is 5.92 Å². The Morgan fingerprint density at radius 1 is 1.17 bits per heavy atom. The molecular formula is C24H35N3O3. The van der Waals surface area contributed by atoms with E-state index in [1.165, 1.54) is 19.3 Å². The maximum Gasteiger partial charge on any atom is 0.225 e. The second-order valence-corrected chi connectivity index (χ2v) is 9.14. The van der Waals surface area contributed by atoms with E-state index in [1.54, 1.807) is 0 Å². The van der Waals surface area contributed by atoms with Gasteiger partial charge in [-0.05, 0) is 25.3 Å². The van der Waals surface area contributed by atoms with Crippen LogP contribution >= 0.6 is 0 Å². The van der Waals surface area contributed by atoms with Crippen molar-refractivity contribution in [3.8, 4) is 0 Å². The predicted octanol–water partition coefficient (Wildman–Crippen LogP) is 2.75. The molecule has 0 aromatic heterocycles. The van der Waals surface area contributed by atoms with E-state index in [-0.39, 0.29) is 29.3 Å². The number of morpholine rings is 1. The number of carbonyl (C=O) groups is 2. The van der Waals surface area contributed by atoms with Gasteiger partial charge in [-0.2, -0.15) is 0 Å². The Balaban J connectivity index is 1.37. The first-order valence-corrected chi connectivity index (χ1v) is 11.5. The second-order valence-electron chi connectivity index (χ2n) is 9.14. The van der Waals surface area contributed by atoms with Crippen LogP contribution in [0.25, 0.3) is 0 Å². The predicted molar refractivity (Wildman–Crippen MR) is 116 cm³/mol. The van der Waals surface area contributed by atoms with Crippen LogP contribution in [0.1, 0.15) is 57.1 Å². The molecule has 6 nitrogen and oxygen atoms in total. The van der Waals surface area contributed by atoms with E-state index in [0.29, 0.717) is 19.5 Å². The lowest BCUT2D eigenvalue weighted by Crippen LogP contribution is -2.60. The molecule has 0 bridgehead atoms. The molecule has 6 heteroatoms. The van der Waals surface area contributed by atoms with Gasteiger partial charge in [-0.25, -0.2) is 0 Å². The summed E-state index contributed by atoms with van der Waals surface area (Å²) in [6.45, 7) is 6.68.